The van der Waals surface area contributed by atoms with Crippen LogP contribution >= 0.6 is 0 Å². The van der Waals surface area contributed by atoms with E-state index in [1.807, 2.05) is 7.11 Å². The summed E-state index contributed by atoms with van der Waals surface area (Å²) in [6, 6.07) is 0. The van der Waals surface area contributed by atoms with E-state index in [0.717, 1.165) is 6.42 Å². The molecule has 0 saturated heterocycles. The zero-order valence-corrected chi connectivity index (χ0v) is 12.4. The highest BCUT2D eigenvalue weighted by molar-refractivity contribution is 5.89. The Balaban J connectivity index is 1.82. The first-order valence-corrected chi connectivity index (χ1v) is 8.14. The van der Waals surface area contributed by atoms with Crippen molar-refractivity contribution in [1.29, 1.82) is 0 Å². The molecule has 0 aromatic rings. The van der Waals surface area contributed by atoms with Gasteiger partial charge in [-0.15, -0.1) is 0 Å². The molecule has 4 fully saturated rings. The molecule has 0 aromatic carbocycles. The number of hydrogen-bond acceptors (Lipinski definition) is 2. The molecule has 2 bridgehead atoms. The van der Waals surface area contributed by atoms with Crippen LogP contribution in [0, 0.1) is 35.0 Å². The van der Waals surface area contributed by atoms with Crippen molar-refractivity contribution >= 4 is 5.78 Å². The van der Waals surface area contributed by atoms with Crippen LogP contribution < -0.4 is 0 Å². The van der Waals surface area contributed by atoms with Gasteiger partial charge < -0.3 is 4.74 Å². The van der Waals surface area contributed by atoms with Gasteiger partial charge in [-0.3, -0.25) is 4.79 Å². The molecule has 2 heteroatoms. The van der Waals surface area contributed by atoms with E-state index >= 15 is 0 Å². The third-order valence-electron chi connectivity index (χ3n) is 7.40. The van der Waals surface area contributed by atoms with E-state index in [-0.39, 0.29) is 16.9 Å². The summed E-state index contributed by atoms with van der Waals surface area (Å²) in [7, 11) is 1.87. The quantitative estimate of drug-likeness (QED) is 0.723. The SMILES string of the molecule is CO[C@]12[C@@H]3CCCC[C@@H]3[C@H]1C(=O)[C@H]1CC[C@@H]2C1(C)C. The first kappa shape index (κ1) is 12.4. The van der Waals surface area contributed by atoms with Gasteiger partial charge in [0.1, 0.15) is 5.78 Å². The lowest BCUT2D eigenvalue weighted by Crippen LogP contribution is -2.74. The van der Waals surface area contributed by atoms with Gasteiger partial charge in [-0.1, -0.05) is 26.7 Å². The second kappa shape index (κ2) is 3.63. The summed E-state index contributed by atoms with van der Waals surface area (Å²) in [4.78, 5) is 13.0. The van der Waals surface area contributed by atoms with Gasteiger partial charge in [-0.25, -0.2) is 0 Å². The molecule has 2 nitrogen and oxygen atoms in total. The van der Waals surface area contributed by atoms with E-state index in [9.17, 15) is 4.79 Å². The van der Waals surface area contributed by atoms with Crippen LogP contribution in [0.15, 0.2) is 0 Å². The van der Waals surface area contributed by atoms with Gasteiger partial charge in [0.25, 0.3) is 0 Å². The lowest BCUT2D eigenvalue weighted by Gasteiger charge is -2.69. The maximum atomic E-state index is 13.0. The van der Waals surface area contributed by atoms with E-state index in [1.54, 1.807) is 0 Å². The van der Waals surface area contributed by atoms with Gasteiger partial charge in [0, 0.05) is 13.0 Å². The highest BCUT2D eigenvalue weighted by atomic mass is 16.5. The van der Waals surface area contributed by atoms with E-state index < -0.39 is 0 Å². The Morgan fingerprint density at radius 2 is 1.84 bits per heavy atom. The molecule has 19 heavy (non-hydrogen) atoms. The molecule has 4 aliphatic rings. The molecule has 0 aliphatic heterocycles. The Morgan fingerprint density at radius 1 is 1.11 bits per heavy atom. The van der Waals surface area contributed by atoms with Gasteiger partial charge in [-0.05, 0) is 48.9 Å². The van der Waals surface area contributed by atoms with Crippen molar-refractivity contribution in [3.63, 3.8) is 0 Å². The standard InChI is InChI=1S/C17H26O2/c1-16(2)12-8-9-13(16)17(19-3)11-7-5-4-6-10(11)14(17)15(12)18/h10-14H,4-9H2,1-3H3/t10-,11+,12+,13+,14-,17-/m0/s1. The zero-order chi connectivity index (χ0) is 13.4. The number of ether oxygens (including phenoxy) is 1. The Kier molecular flexibility index (Phi) is 2.37. The molecule has 106 valence electrons. The van der Waals surface area contributed by atoms with E-state index in [4.69, 9.17) is 4.74 Å². The van der Waals surface area contributed by atoms with Crippen LogP contribution in [-0.4, -0.2) is 18.5 Å². The summed E-state index contributed by atoms with van der Waals surface area (Å²) in [6.07, 6.45) is 7.54. The molecule has 0 radical (unpaired) electrons. The number of Topliss-reactive ketones (excluding diaryl/α,β-unsaturated/α-hetero) is 1. The summed E-state index contributed by atoms with van der Waals surface area (Å²) in [5, 5.41) is 0. The summed E-state index contributed by atoms with van der Waals surface area (Å²) < 4.78 is 6.16. The summed E-state index contributed by atoms with van der Waals surface area (Å²) in [5.74, 6) is 3.05. The molecule has 4 saturated carbocycles. The van der Waals surface area contributed by atoms with Crippen molar-refractivity contribution in [3.05, 3.63) is 0 Å². The van der Waals surface area contributed by atoms with Crippen molar-refractivity contribution < 1.29 is 9.53 Å². The van der Waals surface area contributed by atoms with Gasteiger partial charge in [0.15, 0.2) is 0 Å². The molecule has 4 rings (SSSR count). The fraction of sp³-hybridized carbons (Fsp3) is 0.941. The average Bonchev–Trinajstić information content (AvgIpc) is 2.62. The van der Waals surface area contributed by atoms with E-state index in [0.29, 0.717) is 29.5 Å². The minimum Gasteiger partial charge on any atom is -0.377 e. The van der Waals surface area contributed by atoms with Crippen LogP contribution in [0.1, 0.15) is 52.4 Å². The summed E-state index contributed by atoms with van der Waals surface area (Å²) in [5.41, 5.74) is 0.0741. The predicted octanol–water partition coefficient (Wildman–Crippen LogP) is 3.44. The number of hydrogen-bond donors (Lipinski definition) is 0. The minimum atomic E-state index is -0.0847. The molecule has 6 atom stereocenters. The minimum absolute atomic E-state index is 0.0847. The average molecular weight is 262 g/mol. The van der Waals surface area contributed by atoms with Crippen LogP contribution in [0.2, 0.25) is 0 Å². The second-order valence-corrected chi connectivity index (χ2v) is 8.00. The Labute approximate surface area is 116 Å². The third kappa shape index (κ3) is 1.17. The molecule has 0 amide bonds. The molecular weight excluding hydrogens is 236 g/mol. The lowest BCUT2D eigenvalue weighted by atomic mass is 9.38. The largest absolute Gasteiger partial charge is 0.377 e. The Bertz CT molecular complexity index is 427. The van der Waals surface area contributed by atoms with Crippen molar-refractivity contribution in [3.8, 4) is 0 Å². The van der Waals surface area contributed by atoms with Crippen LogP contribution in [0.4, 0.5) is 0 Å². The number of methoxy groups -OCH3 is 1. The molecule has 4 aliphatic carbocycles. The predicted molar refractivity (Wildman–Crippen MR) is 73.7 cm³/mol. The Hall–Kier alpha value is -0.370. The molecule has 0 heterocycles. The number of fused-ring (bicyclic) bond motifs is 7. The van der Waals surface area contributed by atoms with E-state index in [1.165, 1.54) is 32.1 Å². The van der Waals surface area contributed by atoms with Crippen molar-refractivity contribution in [2.75, 3.05) is 7.11 Å². The van der Waals surface area contributed by atoms with Crippen molar-refractivity contribution in [2.45, 2.75) is 58.0 Å². The van der Waals surface area contributed by atoms with Crippen molar-refractivity contribution in [2.24, 2.45) is 35.0 Å². The molecule has 0 N–H and O–H groups in total. The van der Waals surface area contributed by atoms with Gasteiger partial charge in [0.2, 0.25) is 0 Å². The molecule has 0 unspecified atom stereocenters. The fourth-order valence-electron chi connectivity index (χ4n) is 6.75. The number of rotatable bonds is 1. The lowest BCUT2D eigenvalue weighted by molar-refractivity contribution is -0.276. The fourth-order valence-corrected chi connectivity index (χ4v) is 6.75. The normalized spacial score (nSPS) is 54.3. The number of carbonyl (C=O) groups is 1. The van der Waals surface area contributed by atoms with Crippen LogP contribution in [0.3, 0.4) is 0 Å². The second-order valence-electron chi connectivity index (χ2n) is 8.00. The molecule has 0 aromatic heterocycles. The monoisotopic (exact) mass is 262 g/mol. The summed E-state index contributed by atoms with van der Waals surface area (Å²) in [6.45, 7) is 4.64. The topological polar surface area (TPSA) is 26.3 Å². The Morgan fingerprint density at radius 3 is 2.58 bits per heavy atom. The van der Waals surface area contributed by atoms with Crippen LogP contribution in [0.5, 0.6) is 0 Å². The highest BCUT2D eigenvalue weighted by Gasteiger charge is 2.76. The number of carbonyl (C=O) groups excluding carboxylic acids is 1. The van der Waals surface area contributed by atoms with Gasteiger partial charge in [0.05, 0.1) is 11.5 Å². The van der Waals surface area contributed by atoms with Crippen LogP contribution in [-0.2, 0) is 9.53 Å². The summed E-state index contributed by atoms with van der Waals surface area (Å²) >= 11 is 0. The van der Waals surface area contributed by atoms with Gasteiger partial charge >= 0.3 is 0 Å². The molecule has 0 spiro atoms. The molecular formula is C17H26O2. The third-order valence-corrected chi connectivity index (χ3v) is 7.40. The number of ketones is 1. The first-order valence-electron chi connectivity index (χ1n) is 8.14. The van der Waals surface area contributed by atoms with Crippen molar-refractivity contribution in [1.82, 2.24) is 0 Å². The first-order chi connectivity index (χ1) is 9.05. The van der Waals surface area contributed by atoms with Gasteiger partial charge in [-0.2, -0.15) is 0 Å². The maximum Gasteiger partial charge on any atom is 0.142 e. The zero-order valence-electron chi connectivity index (χ0n) is 12.4. The highest BCUT2D eigenvalue weighted by Crippen LogP contribution is 2.72. The maximum absolute atomic E-state index is 13.0. The van der Waals surface area contributed by atoms with E-state index in [2.05, 4.69) is 13.8 Å². The smallest absolute Gasteiger partial charge is 0.142 e. The van der Waals surface area contributed by atoms with Crippen LogP contribution in [0.25, 0.3) is 0 Å².